The molecular formula is C13H18N4O3. The van der Waals surface area contributed by atoms with Crippen LogP contribution in [0.4, 0.5) is 16.2 Å². The quantitative estimate of drug-likeness (QED) is 0.642. The van der Waals surface area contributed by atoms with Crippen LogP contribution in [0.15, 0.2) is 24.3 Å². The average molecular weight is 278 g/mol. The van der Waals surface area contributed by atoms with Crippen LogP contribution < -0.4 is 21.3 Å². The number of nitrogens with one attached hydrogen (secondary N) is 4. The topological polar surface area (TPSA) is 91.5 Å². The van der Waals surface area contributed by atoms with Crippen molar-refractivity contribution in [2.24, 2.45) is 0 Å². The molecule has 1 atom stereocenters. The SMILES string of the molecule is CNC(=O)Nc1ccc(NC(=O)C2COCCN2)cc1. The number of morpholine rings is 1. The van der Waals surface area contributed by atoms with E-state index in [-0.39, 0.29) is 18.0 Å². The lowest BCUT2D eigenvalue weighted by atomic mass is 10.2. The third kappa shape index (κ3) is 3.94. The minimum Gasteiger partial charge on any atom is -0.378 e. The van der Waals surface area contributed by atoms with E-state index in [1.165, 1.54) is 0 Å². The zero-order valence-electron chi connectivity index (χ0n) is 11.2. The minimum atomic E-state index is -0.326. The molecule has 108 valence electrons. The molecule has 1 aromatic rings. The molecule has 0 saturated carbocycles. The van der Waals surface area contributed by atoms with Crippen molar-refractivity contribution >= 4 is 23.3 Å². The summed E-state index contributed by atoms with van der Waals surface area (Å²) in [4.78, 5) is 23.1. The van der Waals surface area contributed by atoms with E-state index in [1.807, 2.05) is 0 Å². The third-order valence-corrected chi connectivity index (χ3v) is 2.88. The Labute approximate surface area is 117 Å². The fourth-order valence-corrected chi connectivity index (χ4v) is 1.79. The van der Waals surface area contributed by atoms with E-state index in [4.69, 9.17) is 4.74 Å². The number of carbonyl (C=O) groups is 2. The Morgan fingerprint density at radius 1 is 1.20 bits per heavy atom. The number of rotatable bonds is 3. The molecular weight excluding hydrogens is 260 g/mol. The summed E-state index contributed by atoms with van der Waals surface area (Å²) in [6, 6.07) is 6.28. The summed E-state index contributed by atoms with van der Waals surface area (Å²) in [6.07, 6.45) is 0. The molecule has 0 spiro atoms. The van der Waals surface area contributed by atoms with Gasteiger partial charge in [-0.1, -0.05) is 0 Å². The summed E-state index contributed by atoms with van der Waals surface area (Å²) in [7, 11) is 1.54. The molecule has 0 aliphatic carbocycles. The summed E-state index contributed by atoms with van der Waals surface area (Å²) in [6.45, 7) is 1.68. The largest absolute Gasteiger partial charge is 0.378 e. The van der Waals surface area contributed by atoms with Crippen LogP contribution in [0.25, 0.3) is 0 Å². The summed E-state index contributed by atoms with van der Waals surface area (Å²) in [5, 5.41) is 11.0. The van der Waals surface area contributed by atoms with Gasteiger partial charge in [0.1, 0.15) is 6.04 Å². The molecule has 1 aliphatic rings. The zero-order valence-corrected chi connectivity index (χ0v) is 11.2. The molecule has 7 nitrogen and oxygen atoms in total. The molecule has 20 heavy (non-hydrogen) atoms. The minimum absolute atomic E-state index is 0.128. The lowest BCUT2D eigenvalue weighted by Gasteiger charge is -2.22. The number of carbonyl (C=O) groups excluding carboxylic acids is 2. The van der Waals surface area contributed by atoms with Crippen LogP contribution in [0, 0.1) is 0 Å². The van der Waals surface area contributed by atoms with Crippen LogP contribution >= 0.6 is 0 Å². The predicted octanol–water partition coefficient (Wildman–Crippen LogP) is 0.365. The van der Waals surface area contributed by atoms with E-state index >= 15 is 0 Å². The molecule has 1 saturated heterocycles. The van der Waals surface area contributed by atoms with Gasteiger partial charge in [-0.15, -0.1) is 0 Å². The van der Waals surface area contributed by atoms with Gasteiger partial charge < -0.3 is 26.0 Å². The van der Waals surface area contributed by atoms with Crippen LogP contribution in [0.1, 0.15) is 0 Å². The second-order valence-corrected chi connectivity index (χ2v) is 4.35. The molecule has 1 heterocycles. The van der Waals surface area contributed by atoms with E-state index in [1.54, 1.807) is 31.3 Å². The molecule has 1 aromatic carbocycles. The molecule has 0 bridgehead atoms. The van der Waals surface area contributed by atoms with E-state index in [2.05, 4.69) is 21.3 Å². The Bertz CT molecular complexity index is 469. The second-order valence-electron chi connectivity index (χ2n) is 4.35. The van der Waals surface area contributed by atoms with Gasteiger partial charge in [0.2, 0.25) is 5.91 Å². The van der Waals surface area contributed by atoms with Gasteiger partial charge in [-0.05, 0) is 24.3 Å². The van der Waals surface area contributed by atoms with Crippen molar-refractivity contribution < 1.29 is 14.3 Å². The first kappa shape index (κ1) is 14.3. The van der Waals surface area contributed by atoms with Gasteiger partial charge in [-0.2, -0.15) is 0 Å². The van der Waals surface area contributed by atoms with Crippen molar-refractivity contribution in [1.82, 2.24) is 10.6 Å². The molecule has 3 amide bonds. The van der Waals surface area contributed by atoms with Crippen molar-refractivity contribution in [3.8, 4) is 0 Å². The summed E-state index contributed by atoms with van der Waals surface area (Å²) in [5.41, 5.74) is 1.33. The first-order chi connectivity index (χ1) is 9.69. The fourth-order valence-electron chi connectivity index (χ4n) is 1.79. The standard InChI is InChI=1S/C13H18N4O3/c1-14-13(19)17-10-4-2-9(3-5-10)16-12(18)11-8-20-7-6-15-11/h2-5,11,15H,6-8H2,1H3,(H,16,18)(H2,14,17,19). The van der Waals surface area contributed by atoms with Crippen molar-refractivity contribution in [1.29, 1.82) is 0 Å². The van der Waals surface area contributed by atoms with Crippen molar-refractivity contribution in [3.05, 3.63) is 24.3 Å². The van der Waals surface area contributed by atoms with E-state index in [0.29, 0.717) is 31.1 Å². The smallest absolute Gasteiger partial charge is 0.318 e. The number of urea groups is 1. The Balaban J connectivity index is 1.89. The van der Waals surface area contributed by atoms with Crippen LogP contribution in [-0.2, 0) is 9.53 Å². The maximum atomic E-state index is 11.9. The van der Waals surface area contributed by atoms with Crippen LogP contribution in [0.2, 0.25) is 0 Å². The number of hydrogen-bond donors (Lipinski definition) is 4. The maximum Gasteiger partial charge on any atom is 0.318 e. The van der Waals surface area contributed by atoms with Gasteiger partial charge in [-0.3, -0.25) is 4.79 Å². The number of hydrogen-bond acceptors (Lipinski definition) is 4. The Morgan fingerprint density at radius 3 is 2.40 bits per heavy atom. The lowest BCUT2D eigenvalue weighted by Crippen LogP contribution is -2.48. The number of amides is 3. The Kier molecular flexibility index (Phi) is 4.91. The molecule has 1 aliphatic heterocycles. The summed E-state index contributed by atoms with van der Waals surface area (Å²) < 4.78 is 5.24. The van der Waals surface area contributed by atoms with Crippen molar-refractivity contribution in [3.63, 3.8) is 0 Å². The van der Waals surface area contributed by atoms with Gasteiger partial charge in [0, 0.05) is 25.0 Å². The van der Waals surface area contributed by atoms with Gasteiger partial charge in [0.15, 0.2) is 0 Å². The first-order valence-corrected chi connectivity index (χ1v) is 6.40. The molecule has 2 rings (SSSR count). The summed E-state index contributed by atoms with van der Waals surface area (Å²) >= 11 is 0. The molecule has 1 fully saturated rings. The van der Waals surface area contributed by atoms with Gasteiger partial charge in [-0.25, -0.2) is 4.79 Å². The van der Waals surface area contributed by atoms with E-state index < -0.39 is 0 Å². The third-order valence-electron chi connectivity index (χ3n) is 2.88. The number of benzene rings is 1. The van der Waals surface area contributed by atoms with Gasteiger partial charge in [0.05, 0.1) is 13.2 Å². The Morgan fingerprint density at radius 2 is 1.85 bits per heavy atom. The molecule has 4 N–H and O–H groups in total. The Hall–Kier alpha value is -2.12. The lowest BCUT2D eigenvalue weighted by molar-refractivity contribution is -0.120. The highest BCUT2D eigenvalue weighted by Crippen LogP contribution is 2.13. The van der Waals surface area contributed by atoms with Crippen LogP contribution in [0.3, 0.4) is 0 Å². The molecule has 0 aromatic heterocycles. The van der Waals surface area contributed by atoms with Gasteiger partial charge in [0.25, 0.3) is 0 Å². The fraction of sp³-hybridized carbons (Fsp3) is 0.385. The zero-order chi connectivity index (χ0) is 14.4. The monoisotopic (exact) mass is 278 g/mol. The van der Waals surface area contributed by atoms with Crippen LogP contribution in [0.5, 0.6) is 0 Å². The van der Waals surface area contributed by atoms with Crippen LogP contribution in [-0.4, -0.2) is 44.8 Å². The average Bonchev–Trinajstić information content (AvgIpc) is 2.50. The number of anilines is 2. The van der Waals surface area contributed by atoms with E-state index in [0.717, 1.165) is 0 Å². The highest BCUT2D eigenvalue weighted by molar-refractivity contribution is 5.95. The first-order valence-electron chi connectivity index (χ1n) is 6.40. The second kappa shape index (κ2) is 6.88. The normalized spacial score (nSPS) is 18.1. The summed E-state index contributed by atoms with van der Waals surface area (Å²) in [5.74, 6) is -0.128. The maximum absolute atomic E-state index is 11.9. The highest BCUT2D eigenvalue weighted by Gasteiger charge is 2.20. The molecule has 1 unspecified atom stereocenters. The molecule has 7 heteroatoms. The van der Waals surface area contributed by atoms with Crippen molar-refractivity contribution in [2.75, 3.05) is 37.4 Å². The van der Waals surface area contributed by atoms with Gasteiger partial charge >= 0.3 is 6.03 Å². The number of ether oxygens (including phenoxy) is 1. The van der Waals surface area contributed by atoms with E-state index in [9.17, 15) is 9.59 Å². The molecule has 0 radical (unpaired) electrons. The highest BCUT2D eigenvalue weighted by atomic mass is 16.5. The van der Waals surface area contributed by atoms with Crippen molar-refractivity contribution in [2.45, 2.75) is 6.04 Å². The predicted molar refractivity (Wildman–Crippen MR) is 75.8 cm³/mol.